The van der Waals surface area contributed by atoms with Crippen molar-refractivity contribution in [3.05, 3.63) is 123 Å². The first kappa shape index (κ1) is 26.8. The van der Waals surface area contributed by atoms with Gasteiger partial charge < -0.3 is 9.84 Å². The summed E-state index contributed by atoms with van der Waals surface area (Å²) in [6.07, 6.45) is 2.02. The fraction of sp³-hybridized carbons (Fsp3) is 0.273. The summed E-state index contributed by atoms with van der Waals surface area (Å²) >= 11 is 0. The van der Waals surface area contributed by atoms with Crippen LogP contribution in [0.3, 0.4) is 0 Å². The molecule has 0 unspecified atom stereocenters. The number of hydrogen-bond donors (Lipinski definition) is 1. The fourth-order valence-corrected chi connectivity index (χ4v) is 7.15. The molecule has 4 aromatic rings. The van der Waals surface area contributed by atoms with Crippen molar-refractivity contribution in [1.29, 1.82) is 0 Å². The molecule has 3 aromatic carbocycles. The largest absolute Gasteiger partial charge is 0.508 e. The van der Waals surface area contributed by atoms with Gasteiger partial charge in [-0.15, -0.1) is 0 Å². The Balaban J connectivity index is 1.36. The van der Waals surface area contributed by atoms with Crippen molar-refractivity contribution in [2.75, 3.05) is 4.90 Å². The number of phenols is 1. The average molecular weight is 579 g/mol. The Morgan fingerprint density at radius 2 is 1.63 bits per heavy atom. The monoisotopic (exact) mass is 578 g/mol. The van der Waals surface area contributed by atoms with Gasteiger partial charge in [0, 0.05) is 24.6 Å². The molecule has 0 radical (unpaired) electrons. The summed E-state index contributed by atoms with van der Waals surface area (Å²) in [6.45, 7) is 2.21. The molecule has 1 N–H and O–H groups in total. The minimum Gasteiger partial charge on any atom is -0.508 e. The number of fused-ring (bicyclic) bond motifs is 4. The number of amides is 2. The van der Waals surface area contributed by atoms with E-state index in [0.717, 1.165) is 15.7 Å². The van der Waals surface area contributed by atoms with E-state index >= 15 is 0 Å². The Morgan fingerprint density at radius 1 is 0.930 bits per heavy atom. The first-order chi connectivity index (χ1) is 20.7. The molecule has 1 aliphatic carbocycles. The standard InChI is InChI=1S/C33H30N4O6/c1-33-25(29(39)36(30(33)40)21-11-7-4-8-12-21)18-26-23(15-16-35-31(41)34(2)32(42)37(26)35)28(33)24-14-13-22(17-27(24)38)43-19-20-9-5-3-6-10-20/h3-15,17,25-26,28,38H,16,18-19H2,1-2H3/t25-,26+,28+,33+/m0/s1. The Bertz CT molecular complexity index is 1920. The molecule has 218 valence electrons. The second-order valence-electron chi connectivity index (χ2n) is 11.6. The number of hydrogen-bond acceptors (Lipinski definition) is 6. The molecule has 2 aliphatic heterocycles. The lowest BCUT2D eigenvalue weighted by atomic mass is 9.56. The topological polar surface area (TPSA) is 116 Å². The summed E-state index contributed by atoms with van der Waals surface area (Å²) in [6, 6.07) is 22.8. The van der Waals surface area contributed by atoms with Crippen LogP contribution < -0.4 is 21.0 Å². The van der Waals surface area contributed by atoms with Gasteiger partial charge in [0.15, 0.2) is 0 Å². The molecule has 1 aromatic heterocycles. The number of ether oxygens (including phenoxy) is 1. The van der Waals surface area contributed by atoms with Crippen molar-refractivity contribution in [3.63, 3.8) is 0 Å². The molecule has 4 atom stereocenters. The van der Waals surface area contributed by atoms with Crippen molar-refractivity contribution in [2.45, 2.75) is 38.5 Å². The molecule has 10 nitrogen and oxygen atoms in total. The highest BCUT2D eigenvalue weighted by atomic mass is 16.5. The second-order valence-corrected chi connectivity index (χ2v) is 11.6. The molecular weight excluding hydrogens is 548 g/mol. The first-order valence-electron chi connectivity index (χ1n) is 14.2. The minimum absolute atomic E-state index is 0.0844. The molecule has 1 saturated carbocycles. The number of aromatic hydroxyl groups is 1. The molecule has 2 fully saturated rings. The SMILES string of the molecule is Cn1c(=O)n2n(c1=O)[C@@H]1C[C@H]3C(=O)N(c4ccccc4)C(=O)[C@@]3(C)[C@@H](c3ccc(OCc4ccccc4)cc3O)C1=CC2. The lowest BCUT2D eigenvalue weighted by molar-refractivity contribution is -0.129. The van der Waals surface area contributed by atoms with Gasteiger partial charge in [0.2, 0.25) is 11.8 Å². The average Bonchev–Trinajstić information content (AvgIpc) is 3.36. The lowest BCUT2D eigenvalue weighted by Crippen LogP contribution is -2.49. The van der Waals surface area contributed by atoms with E-state index in [4.69, 9.17) is 4.74 Å². The number of rotatable bonds is 5. The van der Waals surface area contributed by atoms with Gasteiger partial charge in [-0.1, -0.05) is 60.7 Å². The third-order valence-corrected chi connectivity index (χ3v) is 9.30. The number of nitrogens with zero attached hydrogens (tertiary/aromatic N) is 4. The van der Waals surface area contributed by atoms with E-state index < -0.39 is 34.7 Å². The Morgan fingerprint density at radius 3 is 2.33 bits per heavy atom. The predicted molar refractivity (Wildman–Crippen MR) is 158 cm³/mol. The zero-order valence-electron chi connectivity index (χ0n) is 23.7. The smallest absolute Gasteiger partial charge is 0.347 e. The van der Waals surface area contributed by atoms with Crippen LogP contribution in [-0.4, -0.2) is 30.9 Å². The molecule has 3 aliphatic rings. The van der Waals surface area contributed by atoms with Crippen molar-refractivity contribution >= 4 is 17.5 Å². The van der Waals surface area contributed by atoms with Gasteiger partial charge in [0.05, 0.1) is 29.6 Å². The van der Waals surface area contributed by atoms with Gasteiger partial charge >= 0.3 is 11.4 Å². The first-order valence-corrected chi connectivity index (χ1v) is 14.2. The third kappa shape index (κ3) is 3.86. The number of imide groups is 1. The maximum absolute atomic E-state index is 14.4. The van der Waals surface area contributed by atoms with Crippen LogP contribution in [0.1, 0.15) is 36.4 Å². The van der Waals surface area contributed by atoms with E-state index in [1.165, 1.54) is 27.4 Å². The Kier molecular flexibility index (Phi) is 6.05. The third-order valence-electron chi connectivity index (χ3n) is 9.30. The number of aromatic nitrogens is 3. The number of phenolic OH excluding ortho intramolecular Hbond substituents is 1. The zero-order valence-corrected chi connectivity index (χ0v) is 23.7. The highest BCUT2D eigenvalue weighted by Crippen LogP contribution is 2.62. The van der Waals surface area contributed by atoms with Crippen molar-refractivity contribution < 1.29 is 19.4 Å². The summed E-state index contributed by atoms with van der Waals surface area (Å²) in [5, 5.41) is 11.5. The quantitative estimate of drug-likeness (QED) is 0.286. The molecule has 0 bridgehead atoms. The summed E-state index contributed by atoms with van der Waals surface area (Å²) in [7, 11) is 1.43. The van der Waals surface area contributed by atoms with E-state index in [0.29, 0.717) is 23.6 Å². The van der Waals surface area contributed by atoms with Gasteiger partial charge in [-0.05, 0) is 42.7 Å². The maximum Gasteiger partial charge on any atom is 0.347 e. The molecular formula is C33H30N4O6. The minimum atomic E-state index is -1.26. The van der Waals surface area contributed by atoms with E-state index in [9.17, 15) is 24.3 Å². The summed E-state index contributed by atoms with van der Waals surface area (Å²) in [4.78, 5) is 55.8. The summed E-state index contributed by atoms with van der Waals surface area (Å²) < 4.78 is 9.76. The Hall–Kier alpha value is -5.12. The van der Waals surface area contributed by atoms with Gasteiger partial charge in [0.25, 0.3) is 0 Å². The Labute approximate surface area is 246 Å². The lowest BCUT2D eigenvalue weighted by Gasteiger charge is -2.47. The second kappa shape index (κ2) is 9.72. The zero-order chi connectivity index (χ0) is 30.0. The van der Waals surface area contributed by atoms with Crippen LogP contribution in [0.25, 0.3) is 0 Å². The highest BCUT2D eigenvalue weighted by molar-refractivity contribution is 6.24. The van der Waals surface area contributed by atoms with E-state index in [1.54, 1.807) is 43.3 Å². The molecule has 0 spiro atoms. The number of carbonyl (C=O) groups is 2. The number of para-hydroxylation sites is 1. The molecule has 10 heteroatoms. The normalized spacial score (nSPS) is 24.3. The summed E-state index contributed by atoms with van der Waals surface area (Å²) in [5.74, 6) is -1.93. The van der Waals surface area contributed by atoms with Crippen LogP contribution >= 0.6 is 0 Å². The number of benzene rings is 3. The van der Waals surface area contributed by atoms with E-state index in [1.807, 2.05) is 42.5 Å². The number of carbonyl (C=O) groups excluding carboxylic acids is 2. The van der Waals surface area contributed by atoms with Crippen molar-refractivity contribution in [1.82, 2.24) is 13.9 Å². The van der Waals surface area contributed by atoms with Crippen LogP contribution in [0.15, 0.2) is 100 Å². The number of anilines is 1. The van der Waals surface area contributed by atoms with Crippen LogP contribution in [0.5, 0.6) is 11.5 Å². The van der Waals surface area contributed by atoms with Crippen molar-refractivity contribution in [3.8, 4) is 11.5 Å². The molecule has 7 rings (SSSR count). The molecule has 1 saturated heterocycles. The van der Waals surface area contributed by atoms with Crippen molar-refractivity contribution in [2.24, 2.45) is 18.4 Å². The van der Waals surface area contributed by atoms with Gasteiger partial charge in [-0.2, -0.15) is 0 Å². The summed E-state index contributed by atoms with van der Waals surface area (Å²) in [5.41, 5.74) is 0.397. The van der Waals surface area contributed by atoms with Gasteiger partial charge in [0.1, 0.15) is 18.1 Å². The van der Waals surface area contributed by atoms with Gasteiger partial charge in [-0.3, -0.25) is 9.59 Å². The van der Waals surface area contributed by atoms with Crippen LogP contribution in [0, 0.1) is 11.3 Å². The van der Waals surface area contributed by atoms with E-state index in [-0.39, 0.29) is 30.5 Å². The molecule has 2 amide bonds. The predicted octanol–water partition coefficient (Wildman–Crippen LogP) is 3.50. The van der Waals surface area contributed by atoms with Crippen LogP contribution in [-0.2, 0) is 29.8 Å². The van der Waals surface area contributed by atoms with Crippen LogP contribution in [0.2, 0.25) is 0 Å². The highest BCUT2D eigenvalue weighted by Gasteiger charge is 2.65. The maximum atomic E-state index is 14.4. The van der Waals surface area contributed by atoms with Crippen LogP contribution in [0.4, 0.5) is 5.69 Å². The molecule has 43 heavy (non-hydrogen) atoms. The van der Waals surface area contributed by atoms with Gasteiger partial charge in [-0.25, -0.2) is 28.4 Å². The number of allylic oxidation sites excluding steroid dienone is 2. The van der Waals surface area contributed by atoms with E-state index in [2.05, 4.69) is 0 Å². The molecule has 3 heterocycles. The fourth-order valence-electron chi connectivity index (χ4n) is 7.15.